The number of ether oxygens (including phenoxy) is 8. The molecule has 2 unspecified atom stereocenters. The number of benzene rings is 8. The summed E-state index contributed by atoms with van der Waals surface area (Å²) in [5, 5.41) is 19.5. The van der Waals surface area contributed by atoms with Gasteiger partial charge in [-0.2, -0.15) is 0 Å². The van der Waals surface area contributed by atoms with Gasteiger partial charge < -0.3 is 73.7 Å². The normalized spacial score (nSPS) is 12.1. The zero-order valence-corrected chi connectivity index (χ0v) is 67.6. The number of fused-ring (bicyclic) bond motifs is 4. The van der Waals surface area contributed by atoms with E-state index in [9.17, 15) is 47.9 Å². The van der Waals surface area contributed by atoms with Crippen LogP contribution in [-0.4, -0.2) is 155 Å². The Morgan fingerprint density at radius 1 is 0.395 bits per heavy atom. The van der Waals surface area contributed by atoms with Crippen LogP contribution in [0.15, 0.2) is 200 Å². The van der Waals surface area contributed by atoms with Gasteiger partial charge in [0.05, 0.1) is 70.8 Å². The summed E-state index contributed by atoms with van der Waals surface area (Å²) < 4.78 is 48.3. The number of hydrogen-bond acceptors (Lipinski definition) is 23. The van der Waals surface area contributed by atoms with Crippen molar-refractivity contribution >= 4 is 97.3 Å². The Balaban J connectivity index is 0.000000212. The summed E-state index contributed by atoms with van der Waals surface area (Å²) in [6.45, 7) is 16.9. The molecule has 8 aromatic carbocycles. The minimum absolute atomic E-state index is 0.0735. The predicted octanol–water partition coefficient (Wildman–Crippen LogP) is 11.1. The van der Waals surface area contributed by atoms with Crippen LogP contribution in [0.5, 0.6) is 23.0 Å². The third-order valence-corrected chi connectivity index (χ3v) is 18.2. The Kier molecular flexibility index (Phi) is 34.6. The van der Waals surface area contributed by atoms with E-state index in [0.29, 0.717) is 88.0 Å². The Bertz CT molecular complexity index is 5220. The third-order valence-electron chi connectivity index (χ3n) is 18.2. The van der Waals surface area contributed by atoms with Crippen LogP contribution in [0.4, 0.5) is 5.69 Å². The molecule has 0 saturated carbocycles. The van der Waals surface area contributed by atoms with Crippen LogP contribution in [0.1, 0.15) is 106 Å². The van der Waals surface area contributed by atoms with Crippen LogP contribution in [0, 0.1) is 41.0 Å². The Morgan fingerprint density at radius 2 is 0.706 bits per heavy atom. The molecule has 31 nitrogen and oxygen atoms in total. The molecule has 0 fully saturated rings. The SMILES string of the molecule is CCOC(=O)COc1cccc2c1C(C(=O)C(N)=O)C(C)N2Cc1ccccc1.CCOC(=O)COc1cccc2c1c(C(=O)C(N)=O)c(C)n2Cc1ccccc1.CCOC(=O)COc1cccc2c1c(C(=O)C(N)=O)c(C)n2Cc1ccccc1.CCOC(=O)COc1cccc2c1cc(C)n2Cc1ccccc1.C[N+](=O)[O-].C[N+](=O)[O-]. The summed E-state index contributed by atoms with van der Waals surface area (Å²) in [6, 6.07) is 63.2. The second-order valence-electron chi connectivity index (χ2n) is 26.3. The number of nitro groups is 2. The van der Waals surface area contributed by atoms with Crippen LogP contribution < -0.4 is 41.0 Å². The number of rotatable bonds is 30. The Hall–Kier alpha value is -14.5. The number of nitrogens with zero attached hydrogens (tertiary/aromatic N) is 6. The molecule has 3 aromatic heterocycles. The van der Waals surface area contributed by atoms with Gasteiger partial charge in [0.2, 0.25) is 5.78 Å². The van der Waals surface area contributed by atoms with Crippen molar-refractivity contribution in [1.29, 1.82) is 0 Å². The maximum atomic E-state index is 12.7. The first-order valence-electron chi connectivity index (χ1n) is 37.7. The van der Waals surface area contributed by atoms with Crippen LogP contribution in [0.25, 0.3) is 32.7 Å². The molecule has 0 spiro atoms. The number of aryl methyl sites for hydroxylation is 1. The first-order chi connectivity index (χ1) is 57.0. The molecule has 624 valence electrons. The highest BCUT2D eigenvalue weighted by molar-refractivity contribution is 6.46. The van der Waals surface area contributed by atoms with E-state index in [4.69, 9.17) is 75.3 Å². The van der Waals surface area contributed by atoms with Crippen LogP contribution >= 0.6 is 0 Å². The number of esters is 4. The molecule has 11 aromatic rings. The van der Waals surface area contributed by atoms with Gasteiger partial charge >= 0.3 is 23.9 Å². The van der Waals surface area contributed by atoms with Crippen molar-refractivity contribution in [3.8, 4) is 23.0 Å². The number of ketones is 3. The molecule has 1 aliphatic rings. The van der Waals surface area contributed by atoms with E-state index in [0.717, 1.165) is 59.6 Å². The van der Waals surface area contributed by atoms with Gasteiger partial charge in [-0.15, -0.1) is 0 Å². The molecule has 6 N–H and O–H groups in total. The summed E-state index contributed by atoms with van der Waals surface area (Å²) in [5.41, 5.74) is 26.8. The molecule has 0 bridgehead atoms. The molecule has 119 heavy (non-hydrogen) atoms. The standard InChI is InChI=1S/C22H24N2O5.2C22H22N2O5.C20H21NO3.2CH3NO2/c3*1-3-28-18(25)13-29-17-11-7-10-16-20(17)19(21(26)22(23)27)14(2)24(16)12-15-8-5-4-6-9-15;1-3-23-20(22)14-24-19-11-7-10-18-17(19)12-15(2)21(18)13-16-8-5-4-6-9-16;2*1-2(3)4/h4-11,14,19H,3,12-13H2,1-2H3,(H2,23,27);2*4-11H,3,12-13H2,1-2H3,(H2,23,27);4-12H,3,13-14H2,1-2H3;2*1H3. The van der Waals surface area contributed by atoms with Crippen molar-refractivity contribution in [2.24, 2.45) is 17.2 Å². The lowest BCUT2D eigenvalue weighted by atomic mass is 9.90. The van der Waals surface area contributed by atoms with Gasteiger partial charge in [-0.3, -0.25) is 49.0 Å². The van der Waals surface area contributed by atoms with Gasteiger partial charge in [-0.05, 0) is 132 Å². The maximum absolute atomic E-state index is 12.7. The number of hydrogen-bond donors (Lipinski definition) is 3. The van der Waals surface area contributed by atoms with E-state index in [2.05, 4.69) is 35.8 Å². The fraction of sp³-hybridized carbons (Fsp3) is 0.273. The first kappa shape index (κ1) is 91.7. The second kappa shape index (κ2) is 45.0. The number of amides is 3. The topological polar surface area (TPSA) is 427 Å². The minimum atomic E-state index is -1.05. The summed E-state index contributed by atoms with van der Waals surface area (Å²) >= 11 is 0. The Labute approximate surface area is 685 Å². The largest absolute Gasteiger partial charge is 0.482 e. The molecule has 31 heteroatoms. The van der Waals surface area contributed by atoms with Gasteiger partial charge in [0.1, 0.15) is 23.0 Å². The molecular formula is C88H95N9O22. The molecule has 12 rings (SSSR count). The van der Waals surface area contributed by atoms with Gasteiger partial charge in [0.15, 0.2) is 40.5 Å². The number of anilines is 1. The van der Waals surface area contributed by atoms with Crippen molar-refractivity contribution in [2.45, 2.75) is 93.5 Å². The van der Waals surface area contributed by atoms with Crippen molar-refractivity contribution in [3.63, 3.8) is 0 Å². The fourth-order valence-corrected chi connectivity index (χ4v) is 13.2. The lowest BCUT2D eigenvalue weighted by molar-refractivity contribution is -0.445. The van der Waals surface area contributed by atoms with E-state index in [1.165, 1.54) is 5.56 Å². The fourth-order valence-electron chi connectivity index (χ4n) is 13.2. The molecule has 3 amide bonds. The predicted molar refractivity (Wildman–Crippen MR) is 444 cm³/mol. The average Bonchev–Trinajstić information content (AvgIpc) is 1.62. The smallest absolute Gasteiger partial charge is 0.344 e. The van der Waals surface area contributed by atoms with E-state index >= 15 is 0 Å². The zero-order chi connectivity index (χ0) is 87.0. The lowest BCUT2D eigenvalue weighted by Gasteiger charge is -2.26. The highest BCUT2D eigenvalue weighted by atomic mass is 16.6. The number of primary amides is 3. The van der Waals surface area contributed by atoms with Crippen molar-refractivity contribution in [3.05, 3.63) is 276 Å². The maximum Gasteiger partial charge on any atom is 0.344 e. The van der Waals surface area contributed by atoms with E-state index in [1.807, 2.05) is 160 Å². The first-order valence-corrected chi connectivity index (χ1v) is 37.7. The second-order valence-corrected chi connectivity index (χ2v) is 26.3. The van der Waals surface area contributed by atoms with Crippen LogP contribution in [0.3, 0.4) is 0 Å². The van der Waals surface area contributed by atoms with Crippen LogP contribution in [0.2, 0.25) is 0 Å². The van der Waals surface area contributed by atoms with Crippen molar-refractivity contribution < 1.29 is 95.7 Å². The quantitative estimate of drug-likeness (QED) is 0.00940. The highest BCUT2D eigenvalue weighted by Gasteiger charge is 2.44. The number of nitrogens with two attached hydrogens (primary N) is 3. The monoisotopic (exact) mass is 1630 g/mol. The molecule has 0 saturated heterocycles. The molecular weight excluding hydrogens is 1540 g/mol. The number of aromatic nitrogens is 3. The van der Waals surface area contributed by atoms with Crippen molar-refractivity contribution in [1.82, 2.24) is 13.7 Å². The number of carbonyl (C=O) groups excluding carboxylic acids is 10. The summed E-state index contributed by atoms with van der Waals surface area (Å²) in [5.74, 6) is -6.33. The van der Waals surface area contributed by atoms with Crippen molar-refractivity contribution in [2.75, 3.05) is 71.9 Å². The van der Waals surface area contributed by atoms with E-state index < -0.39 is 68.7 Å². The summed E-state index contributed by atoms with van der Waals surface area (Å²) in [4.78, 5) is 138. The summed E-state index contributed by atoms with van der Waals surface area (Å²) in [6.07, 6.45) is 0. The summed E-state index contributed by atoms with van der Waals surface area (Å²) in [7, 11) is 1.78. The molecule has 1 aliphatic heterocycles. The zero-order valence-electron chi connectivity index (χ0n) is 67.6. The van der Waals surface area contributed by atoms with E-state index in [-0.39, 0.29) is 69.4 Å². The number of carbonyl (C=O) groups is 10. The third kappa shape index (κ3) is 25.2. The molecule has 0 radical (unpaired) electrons. The lowest BCUT2D eigenvalue weighted by Crippen LogP contribution is -2.38. The molecule has 0 aliphatic carbocycles. The Morgan fingerprint density at radius 3 is 1.06 bits per heavy atom. The number of Topliss-reactive ketones (excluding diaryl/α,β-unsaturated/α-hetero) is 3. The van der Waals surface area contributed by atoms with E-state index in [1.54, 1.807) is 77.9 Å². The van der Waals surface area contributed by atoms with Gasteiger partial charge in [-0.25, -0.2) is 19.2 Å². The minimum Gasteiger partial charge on any atom is -0.482 e. The van der Waals surface area contributed by atoms with Gasteiger partial charge in [0.25, 0.3) is 29.3 Å². The average molecular weight is 1630 g/mol. The highest BCUT2D eigenvalue weighted by Crippen LogP contribution is 2.47. The molecule has 2 atom stereocenters. The van der Waals surface area contributed by atoms with Gasteiger partial charge in [-0.1, -0.05) is 146 Å². The van der Waals surface area contributed by atoms with Gasteiger partial charge in [0, 0.05) is 75.8 Å². The molecule has 4 heterocycles. The van der Waals surface area contributed by atoms with Crippen LogP contribution in [-0.2, 0) is 83.5 Å².